The van der Waals surface area contributed by atoms with E-state index in [2.05, 4.69) is 5.32 Å². The van der Waals surface area contributed by atoms with Crippen molar-refractivity contribution in [3.63, 3.8) is 0 Å². The minimum absolute atomic E-state index is 0.0141. The number of amides is 1. The average molecular weight is 257 g/mol. The van der Waals surface area contributed by atoms with Crippen molar-refractivity contribution in [3.05, 3.63) is 0 Å². The topological polar surface area (TPSA) is 64.6 Å². The molecule has 1 fully saturated rings. The van der Waals surface area contributed by atoms with E-state index in [1.54, 1.807) is 0 Å². The highest BCUT2D eigenvalue weighted by Gasteiger charge is 2.27. The summed E-state index contributed by atoms with van der Waals surface area (Å²) in [5.41, 5.74) is 0. The van der Waals surface area contributed by atoms with Crippen LogP contribution >= 0.6 is 0 Å². The van der Waals surface area contributed by atoms with E-state index in [9.17, 15) is 9.59 Å². The molecule has 0 aromatic rings. The number of rotatable bonds is 4. The first-order valence-electron chi connectivity index (χ1n) is 6.54. The van der Waals surface area contributed by atoms with E-state index < -0.39 is 0 Å². The molecule has 0 unspecified atom stereocenters. The highest BCUT2D eigenvalue weighted by Crippen LogP contribution is 2.25. The van der Waals surface area contributed by atoms with Crippen LogP contribution in [0.15, 0.2) is 0 Å². The second-order valence-corrected chi connectivity index (χ2v) is 5.21. The molecular weight excluding hydrogens is 234 g/mol. The van der Waals surface area contributed by atoms with E-state index in [0.29, 0.717) is 12.5 Å². The van der Waals surface area contributed by atoms with E-state index in [-0.39, 0.29) is 24.0 Å². The van der Waals surface area contributed by atoms with Crippen LogP contribution in [0.3, 0.4) is 0 Å². The predicted molar refractivity (Wildman–Crippen MR) is 67.1 cm³/mol. The third-order valence-electron chi connectivity index (χ3n) is 3.13. The van der Waals surface area contributed by atoms with Gasteiger partial charge in [-0.05, 0) is 31.6 Å². The molecule has 1 aliphatic rings. The summed E-state index contributed by atoms with van der Waals surface area (Å²) in [6.07, 6.45) is 2.78. The molecule has 0 bridgehead atoms. The summed E-state index contributed by atoms with van der Waals surface area (Å²) in [6, 6.07) is 0.116. The van der Waals surface area contributed by atoms with Crippen LogP contribution in [0.4, 0.5) is 4.79 Å². The maximum Gasteiger partial charge on any atom is 0.407 e. The third-order valence-corrected chi connectivity index (χ3v) is 3.13. The van der Waals surface area contributed by atoms with Gasteiger partial charge in [-0.25, -0.2) is 4.79 Å². The summed E-state index contributed by atoms with van der Waals surface area (Å²) in [5, 5.41) is 2.84. The molecule has 1 amide bonds. The first-order chi connectivity index (χ1) is 8.52. The molecule has 0 aromatic heterocycles. The van der Waals surface area contributed by atoms with Crippen molar-refractivity contribution in [2.24, 2.45) is 11.8 Å². The Labute approximate surface area is 108 Å². The molecule has 5 nitrogen and oxygen atoms in total. The number of ether oxygens (including phenoxy) is 2. The zero-order valence-electron chi connectivity index (χ0n) is 11.4. The Kier molecular flexibility index (Phi) is 5.95. The van der Waals surface area contributed by atoms with E-state index in [4.69, 9.17) is 9.47 Å². The quantitative estimate of drug-likeness (QED) is 0.783. The van der Waals surface area contributed by atoms with Gasteiger partial charge in [0.15, 0.2) is 0 Å². The van der Waals surface area contributed by atoms with Gasteiger partial charge < -0.3 is 14.8 Å². The van der Waals surface area contributed by atoms with Crippen LogP contribution in [0.25, 0.3) is 0 Å². The van der Waals surface area contributed by atoms with Crippen molar-refractivity contribution in [1.29, 1.82) is 0 Å². The lowest BCUT2D eigenvalue weighted by Crippen LogP contribution is -2.39. The lowest BCUT2D eigenvalue weighted by molar-refractivity contribution is -0.146. The Morgan fingerprint density at radius 2 is 1.83 bits per heavy atom. The van der Waals surface area contributed by atoms with Crippen molar-refractivity contribution in [3.8, 4) is 0 Å². The standard InChI is InChI=1S/C13H23NO4/c1-9(2)8-18-13(16)14-11-6-4-10(5-7-11)12(15)17-3/h9-11H,4-8H2,1-3H3,(H,14,16). The lowest BCUT2D eigenvalue weighted by Gasteiger charge is -2.27. The molecule has 0 spiro atoms. The third kappa shape index (κ3) is 4.94. The molecule has 1 saturated carbocycles. The SMILES string of the molecule is COC(=O)C1CCC(NC(=O)OCC(C)C)CC1. The molecule has 1 N–H and O–H groups in total. The summed E-state index contributed by atoms with van der Waals surface area (Å²) in [4.78, 5) is 22.8. The summed E-state index contributed by atoms with van der Waals surface area (Å²) in [7, 11) is 1.41. The van der Waals surface area contributed by atoms with Crippen LogP contribution in [-0.4, -0.2) is 31.8 Å². The Morgan fingerprint density at radius 1 is 1.22 bits per heavy atom. The minimum atomic E-state index is -0.356. The zero-order chi connectivity index (χ0) is 13.5. The van der Waals surface area contributed by atoms with Gasteiger partial charge in [0.25, 0.3) is 0 Å². The molecule has 0 atom stereocenters. The summed E-state index contributed by atoms with van der Waals surface area (Å²) in [5.74, 6) is 0.182. The van der Waals surface area contributed by atoms with Crippen molar-refractivity contribution in [2.75, 3.05) is 13.7 Å². The van der Waals surface area contributed by atoms with E-state index in [0.717, 1.165) is 25.7 Å². The van der Waals surface area contributed by atoms with Crippen LogP contribution in [-0.2, 0) is 14.3 Å². The van der Waals surface area contributed by atoms with Gasteiger partial charge in [-0.1, -0.05) is 13.8 Å². The fourth-order valence-electron chi connectivity index (χ4n) is 2.09. The minimum Gasteiger partial charge on any atom is -0.469 e. The molecule has 0 heterocycles. The van der Waals surface area contributed by atoms with Crippen molar-refractivity contribution >= 4 is 12.1 Å². The zero-order valence-corrected chi connectivity index (χ0v) is 11.4. The average Bonchev–Trinajstić information content (AvgIpc) is 2.36. The predicted octanol–water partition coefficient (Wildman–Crippen LogP) is 2.10. The number of alkyl carbamates (subject to hydrolysis) is 1. The molecule has 18 heavy (non-hydrogen) atoms. The van der Waals surface area contributed by atoms with E-state index >= 15 is 0 Å². The Hall–Kier alpha value is -1.26. The van der Waals surface area contributed by atoms with Gasteiger partial charge in [0.1, 0.15) is 0 Å². The Morgan fingerprint density at radius 3 is 2.33 bits per heavy atom. The lowest BCUT2D eigenvalue weighted by atomic mass is 9.86. The monoisotopic (exact) mass is 257 g/mol. The van der Waals surface area contributed by atoms with Gasteiger partial charge >= 0.3 is 12.1 Å². The Bertz CT molecular complexity index is 283. The van der Waals surface area contributed by atoms with Crippen LogP contribution in [0, 0.1) is 11.8 Å². The van der Waals surface area contributed by atoms with Crippen LogP contribution < -0.4 is 5.32 Å². The van der Waals surface area contributed by atoms with Crippen LogP contribution in [0.2, 0.25) is 0 Å². The Balaban J connectivity index is 2.23. The van der Waals surface area contributed by atoms with Crippen molar-refractivity contribution < 1.29 is 19.1 Å². The number of hydrogen-bond acceptors (Lipinski definition) is 4. The second kappa shape index (κ2) is 7.24. The number of hydrogen-bond donors (Lipinski definition) is 1. The van der Waals surface area contributed by atoms with Gasteiger partial charge in [0, 0.05) is 6.04 Å². The smallest absolute Gasteiger partial charge is 0.407 e. The highest BCUT2D eigenvalue weighted by atomic mass is 16.5. The molecule has 0 aliphatic heterocycles. The van der Waals surface area contributed by atoms with Crippen molar-refractivity contribution in [1.82, 2.24) is 5.32 Å². The van der Waals surface area contributed by atoms with Gasteiger partial charge in [-0.2, -0.15) is 0 Å². The van der Waals surface area contributed by atoms with Crippen LogP contribution in [0.5, 0.6) is 0 Å². The fourth-order valence-corrected chi connectivity index (χ4v) is 2.09. The largest absolute Gasteiger partial charge is 0.469 e. The number of methoxy groups -OCH3 is 1. The van der Waals surface area contributed by atoms with Gasteiger partial charge in [0.05, 0.1) is 19.6 Å². The number of esters is 1. The number of carbonyl (C=O) groups is 2. The molecule has 0 radical (unpaired) electrons. The molecular formula is C13H23NO4. The molecule has 104 valence electrons. The number of carbonyl (C=O) groups excluding carboxylic acids is 2. The first kappa shape index (κ1) is 14.8. The fraction of sp³-hybridized carbons (Fsp3) is 0.846. The molecule has 5 heteroatoms. The molecule has 1 aliphatic carbocycles. The molecule has 0 saturated heterocycles. The normalized spacial score (nSPS) is 23.6. The van der Waals surface area contributed by atoms with Crippen molar-refractivity contribution in [2.45, 2.75) is 45.6 Å². The maximum atomic E-state index is 11.5. The van der Waals surface area contributed by atoms with E-state index in [1.165, 1.54) is 7.11 Å². The molecule has 1 rings (SSSR count). The maximum absolute atomic E-state index is 11.5. The summed E-state index contributed by atoms with van der Waals surface area (Å²) >= 11 is 0. The summed E-state index contributed by atoms with van der Waals surface area (Å²) < 4.78 is 9.78. The van der Waals surface area contributed by atoms with E-state index in [1.807, 2.05) is 13.8 Å². The van der Waals surface area contributed by atoms with Gasteiger partial charge in [0.2, 0.25) is 0 Å². The number of nitrogens with one attached hydrogen (secondary N) is 1. The van der Waals surface area contributed by atoms with Gasteiger partial charge in [-0.3, -0.25) is 4.79 Å². The second-order valence-electron chi connectivity index (χ2n) is 5.21. The summed E-state index contributed by atoms with van der Waals surface area (Å²) in [6.45, 7) is 4.42. The first-order valence-corrected chi connectivity index (χ1v) is 6.54. The molecule has 0 aromatic carbocycles. The highest BCUT2D eigenvalue weighted by molar-refractivity contribution is 5.72. The van der Waals surface area contributed by atoms with Gasteiger partial charge in [-0.15, -0.1) is 0 Å². The van der Waals surface area contributed by atoms with Crippen LogP contribution in [0.1, 0.15) is 39.5 Å².